The topological polar surface area (TPSA) is 25.6 Å². The quantitative estimate of drug-likeness (QED) is 0.154. The summed E-state index contributed by atoms with van der Waals surface area (Å²) in [7, 11) is -2.91. The molecule has 0 bridgehead atoms. The molecule has 4 aliphatic rings. The molecule has 0 amide bonds. The lowest BCUT2D eigenvalue weighted by molar-refractivity contribution is 0.434. The summed E-state index contributed by atoms with van der Waals surface area (Å²) in [6, 6.07) is 71.2. The van der Waals surface area contributed by atoms with Crippen LogP contribution in [0.4, 0.5) is 17.1 Å². The molecule has 10 aromatic rings. The Morgan fingerprint density at radius 1 is 0.403 bits per heavy atom. The van der Waals surface area contributed by atoms with Crippen molar-refractivity contribution in [3.05, 3.63) is 221 Å². The van der Waals surface area contributed by atoms with Crippen LogP contribution in [-0.2, 0) is 16.2 Å². The van der Waals surface area contributed by atoms with Gasteiger partial charge in [-0.1, -0.05) is 181 Å². The fourth-order valence-electron chi connectivity index (χ4n) is 12.6. The number of hydrogen-bond acceptors (Lipinski definition) is 3. The molecule has 4 heteroatoms. The third-order valence-electron chi connectivity index (χ3n) is 15.6. The third-order valence-corrected chi connectivity index (χ3v) is 20.6. The van der Waals surface area contributed by atoms with Gasteiger partial charge in [0.25, 0.3) is 0 Å². The first-order valence-electron chi connectivity index (χ1n) is 23.7. The highest BCUT2D eigenvalue weighted by Gasteiger charge is 2.56. The molecule has 0 saturated heterocycles. The number of furan rings is 1. The van der Waals surface area contributed by atoms with E-state index in [2.05, 4.69) is 234 Å². The van der Waals surface area contributed by atoms with Gasteiger partial charge in [0.1, 0.15) is 22.7 Å². The molecule has 0 N–H and O–H groups in total. The zero-order chi connectivity index (χ0) is 45.2. The molecule has 14 rings (SSSR count). The van der Waals surface area contributed by atoms with E-state index in [9.17, 15) is 0 Å². The molecule has 0 fully saturated rings. The number of nitrogens with zero attached hydrogens (tertiary/aromatic N) is 1. The second-order valence-corrected chi connectivity index (χ2v) is 24.9. The predicted octanol–water partition coefficient (Wildman–Crippen LogP) is 13.8. The van der Waals surface area contributed by atoms with Gasteiger partial charge in [0.15, 0.2) is 8.07 Å². The van der Waals surface area contributed by atoms with Gasteiger partial charge in [0.2, 0.25) is 0 Å². The van der Waals surface area contributed by atoms with Crippen LogP contribution < -0.4 is 30.4 Å². The van der Waals surface area contributed by atoms with Crippen molar-refractivity contribution < 1.29 is 9.15 Å². The van der Waals surface area contributed by atoms with Gasteiger partial charge in [-0.15, -0.1) is 0 Å². The van der Waals surface area contributed by atoms with E-state index in [4.69, 9.17) is 9.15 Å². The molecule has 0 aliphatic carbocycles. The maximum atomic E-state index is 6.81. The van der Waals surface area contributed by atoms with Crippen molar-refractivity contribution in [3.63, 3.8) is 0 Å². The lowest BCUT2D eigenvalue weighted by Crippen LogP contribution is -2.71. The van der Waals surface area contributed by atoms with Gasteiger partial charge >= 0.3 is 0 Å². The lowest BCUT2D eigenvalue weighted by Gasteiger charge is -2.48. The summed E-state index contributed by atoms with van der Waals surface area (Å²) >= 11 is 0. The van der Waals surface area contributed by atoms with Crippen LogP contribution in [0.3, 0.4) is 0 Å². The molecular weight excluding hydrogens is 831 g/mol. The Morgan fingerprint density at radius 2 is 0.940 bits per heavy atom. The summed E-state index contributed by atoms with van der Waals surface area (Å²) in [4.78, 5) is 2.54. The molecule has 67 heavy (non-hydrogen) atoms. The number of ether oxygens (including phenoxy) is 1. The minimum absolute atomic E-state index is 0.0146. The second kappa shape index (κ2) is 13.1. The Morgan fingerprint density at radius 3 is 1.61 bits per heavy atom. The molecule has 5 heterocycles. The van der Waals surface area contributed by atoms with Gasteiger partial charge in [-0.25, -0.2) is 0 Å². The summed E-state index contributed by atoms with van der Waals surface area (Å²) in [5.74, 6) is 1.75. The van der Waals surface area contributed by atoms with Crippen LogP contribution in [-0.4, -0.2) is 8.07 Å². The molecule has 0 radical (unpaired) electrons. The van der Waals surface area contributed by atoms with Gasteiger partial charge in [-0.2, -0.15) is 0 Å². The van der Waals surface area contributed by atoms with E-state index >= 15 is 0 Å². The monoisotopic (exact) mass is 879 g/mol. The highest BCUT2D eigenvalue weighted by molar-refractivity contribution is 7.24. The summed E-state index contributed by atoms with van der Waals surface area (Å²) in [6.07, 6.45) is 0. The van der Waals surface area contributed by atoms with Gasteiger partial charge in [0, 0.05) is 33.7 Å². The van der Waals surface area contributed by atoms with E-state index in [0.29, 0.717) is 0 Å². The molecule has 2 spiro atoms. The van der Waals surface area contributed by atoms with Crippen molar-refractivity contribution in [1.29, 1.82) is 0 Å². The third kappa shape index (κ3) is 4.96. The fraction of sp³-hybridized carbons (Fsp3) is 0.143. The Labute approximate surface area is 393 Å². The lowest BCUT2D eigenvalue weighted by atomic mass is 9.61. The van der Waals surface area contributed by atoms with Crippen molar-refractivity contribution >= 4 is 67.8 Å². The summed E-state index contributed by atoms with van der Waals surface area (Å²) < 4.78 is 13.6. The highest BCUT2D eigenvalue weighted by Crippen LogP contribution is 2.63. The van der Waals surface area contributed by atoms with E-state index in [1.807, 2.05) is 0 Å². The molecule has 0 saturated carbocycles. The van der Waals surface area contributed by atoms with Crippen LogP contribution >= 0.6 is 0 Å². The first-order chi connectivity index (χ1) is 32.5. The maximum Gasteiger partial charge on any atom is 0.182 e. The average Bonchev–Trinajstić information content (AvgIpc) is 3.95. The van der Waals surface area contributed by atoms with Gasteiger partial charge < -0.3 is 14.1 Å². The first kappa shape index (κ1) is 38.8. The number of para-hydroxylation sites is 4. The molecule has 3 nitrogen and oxygen atoms in total. The minimum Gasteiger partial charge on any atom is -0.457 e. The van der Waals surface area contributed by atoms with Crippen LogP contribution in [0.15, 0.2) is 192 Å². The highest BCUT2D eigenvalue weighted by atomic mass is 28.3. The van der Waals surface area contributed by atoms with Crippen molar-refractivity contribution in [3.8, 4) is 33.8 Å². The molecular formula is C63H49NO2Si. The van der Waals surface area contributed by atoms with Crippen LogP contribution in [0, 0.1) is 0 Å². The van der Waals surface area contributed by atoms with Gasteiger partial charge in [-0.3, -0.25) is 0 Å². The smallest absolute Gasteiger partial charge is 0.182 e. The zero-order valence-corrected chi connectivity index (χ0v) is 39.7. The average molecular weight is 880 g/mol. The molecule has 322 valence electrons. The SMILES string of the molecule is CC(C)(C)c1ccc2c(c1)[Si]1(c3ccccc3-c3ccc(N4c5ccccc5C5(c6ccccc6Oc6ccccc65)c5cc6c(cc54)oc4ccccc46)cc31)c1cc(C(C)(C)C)ccc1-2. The van der Waals surface area contributed by atoms with E-state index < -0.39 is 13.5 Å². The Balaban J connectivity index is 1.11. The summed E-state index contributed by atoms with van der Waals surface area (Å²) in [5.41, 5.74) is 17.3. The first-order valence-corrected chi connectivity index (χ1v) is 25.7. The Kier molecular flexibility index (Phi) is 7.62. The number of benzene rings is 9. The number of hydrogen-bond donors (Lipinski definition) is 0. The van der Waals surface area contributed by atoms with Crippen LogP contribution in [0.25, 0.3) is 44.2 Å². The minimum atomic E-state index is -2.91. The van der Waals surface area contributed by atoms with Gasteiger partial charge in [-0.05, 0) is 119 Å². The van der Waals surface area contributed by atoms with Crippen molar-refractivity contribution in [2.75, 3.05) is 4.90 Å². The fourth-order valence-corrected chi connectivity index (χ4v) is 18.3. The van der Waals surface area contributed by atoms with Crippen LogP contribution in [0.5, 0.6) is 11.5 Å². The molecule has 9 aromatic carbocycles. The van der Waals surface area contributed by atoms with E-state index in [1.54, 1.807) is 0 Å². The van der Waals surface area contributed by atoms with E-state index in [-0.39, 0.29) is 10.8 Å². The molecule has 0 unspecified atom stereocenters. The standard InChI is InChI=1S/C63H49NO2Si/c1-61(2,3)38-27-30-43-44-31-28-39(62(4,5)6)34-59(44)67(58(43)33-38)57-26-16-8-18-42(57)45-32-29-40(35-60(45)67)64-51-22-12-9-19-47(51)63(48-20-10-14-24-54(48)66-55-25-15-11-21-49(55)63)50-36-46-41-17-7-13-23-53(41)65-56(46)37-52(50)64/h7-37H,1-6H3. The largest absolute Gasteiger partial charge is 0.457 e. The van der Waals surface area contributed by atoms with Crippen LogP contribution in [0.1, 0.15) is 74.9 Å². The summed E-state index contributed by atoms with van der Waals surface area (Å²) in [6.45, 7) is 14.1. The second-order valence-electron chi connectivity index (χ2n) is 21.2. The molecule has 4 aliphatic heterocycles. The maximum absolute atomic E-state index is 6.81. The zero-order valence-electron chi connectivity index (χ0n) is 38.7. The Bertz CT molecular complexity index is 3670. The molecule has 0 atom stereocenters. The van der Waals surface area contributed by atoms with Crippen molar-refractivity contribution in [1.82, 2.24) is 0 Å². The van der Waals surface area contributed by atoms with Gasteiger partial charge in [0.05, 0.1) is 16.8 Å². The van der Waals surface area contributed by atoms with E-state index in [0.717, 1.165) is 61.6 Å². The number of anilines is 3. The van der Waals surface area contributed by atoms with E-state index in [1.165, 1.54) is 65.3 Å². The van der Waals surface area contributed by atoms with Crippen LogP contribution in [0.2, 0.25) is 0 Å². The normalized spacial score (nSPS) is 15.3. The number of rotatable bonds is 1. The summed E-state index contributed by atoms with van der Waals surface area (Å²) in [5, 5.41) is 8.16. The Hall–Kier alpha value is -7.40. The van der Waals surface area contributed by atoms with Crippen molar-refractivity contribution in [2.24, 2.45) is 0 Å². The number of fused-ring (bicyclic) bond motifs is 21. The van der Waals surface area contributed by atoms with Crippen molar-refractivity contribution in [2.45, 2.75) is 57.8 Å². The predicted molar refractivity (Wildman–Crippen MR) is 279 cm³/mol. The molecule has 1 aromatic heterocycles.